The van der Waals surface area contributed by atoms with Crippen LogP contribution in [0.1, 0.15) is 12.0 Å². The molecular weight excluding hydrogens is 280 g/mol. The summed E-state index contributed by atoms with van der Waals surface area (Å²) in [5.41, 5.74) is 0.158. The quantitative estimate of drug-likeness (QED) is 0.382. The summed E-state index contributed by atoms with van der Waals surface area (Å²) in [5.74, 6) is -1.90. The molecule has 0 bridgehead atoms. The number of hydrogen-bond acceptors (Lipinski definition) is 5. The number of carbonyl (C=O) groups excluding carboxylic acids is 1. The van der Waals surface area contributed by atoms with Crippen LogP contribution < -0.4 is 5.32 Å². The zero-order valence-electron chi connectivity index (χ0n) is 10.9. The van der Waals surface area contributed by atoms with Crippen LogP contribution in [0, 0.1) is 10.1 Å². The molecule has 0 saturated heterocycles. The van der Waals surface area contributed by atoms with Crippen molar-refractivity contribution in [3.8, 4) is 0 Å². The van der Waals surface area contributed by atoms with Gasteiger partial charge in [-0.3, -0.25) is 14.9 Å². The molecule has 3 N–H and O–H groups in total. The minimum Gasteiger partial charge on any atom is -0.479 e. The number of aliphatic carboxylic acids is 1. The Morgan fingerprint density at radius 1 is 1.38 bits per heavy atom. The first-order valence-corrected chi connectivity index (χ1v) is 6.02. The fraction of sp³-hybridized carbons (Fsp3) is 0.231. The van der Waals surface area contributed by atoms with Gasteiger partial charge < -0.3 is 15.5 Å². The Balaban J connectivity index is 2.55. The van der Waals surface area contributed by atoms with E-state index in [9.17, 15) is 19.7 Å². The first-order chi connectivity index (χ1) is 9.91. The molecule has 112 valence electrons. The molecule has 0 aliphatic heterocycles. The SMILES string of the molecule is O=C(/C=C/c1ccccc1[N+](=O)[O-])NCC[C@H](O)C(=O)O. The van der Waals surface area contributed by atoms with Crippen molar-refractivity contribution in [1.82, 2.24) is 5.32 Å². The van der Waals surface area contributed by atoms with Gasteiger partial charge in [0.25, 0.3) is 5.69 Å². The van der Waals surface area contributed by atoms with Gasteiger partial charge in [-0.05, 0) is 12.1 Å². The van der Waals surface area contributed by atoms with E-state index in [1.807, 2.05) is 0 Å². The number of benzene rings is 1. The number of carboxylic acids is 1. The van der Waals surface area contributed by atoms with Gasteiger partial charge in [0.15, 0.2) is 6.10 Å². The monoisotopic (exact) mass is 294 g/mol. The Morgan fingerprint density at radius 3 is 2.67 bits per heavy atom. The van der Waals surface area contributed by atoms with E-state index in [2.05, 4.69) is 5.32 Å². The van der Waals surface area contributed by atoms with E-state index in [-0.39, 0.29) is 24.2 Å². The molecule has 0 heterocycles. The molecule has 0 aromatic heterocycles. The van der Waals surface area contributed by atoms with Crippen LogP contribution in [0.4, 0.5) is 5.69 Å². The predicted molar refractivity (Wildman–Crippen MR) is 73.4 cm³/mol. The van der Waals surface area contributed by atoms with Gasteiger partial charge in [0.1, 0.15) is 0 Å². The second-order valence-electron chi connectivity index (χ2n) is 4.08. The van der Waals surface area contributed by atoms with E-state index in [0.717, 1.165) is 6.08 Å². The number of carbonyl (C=O) groups is 2. The normalized spacial score (nSPS) is 12.0. The lowest BCUT2D eigenvalue weighted by molar-refractivity contribution is -0.385. The Hall–Kier alpha value is -2.74. The highest BCUT2D eigenvalue weighted by atomic mass is 16.6. The molecule has 1 aromatic rings. The standard InChI is InChI=1S/C13H14N2O6/c16-11(13(18)19)7-8-14-12(17)6-5-9-3-1-2-4-10(9)15(20)21/h1-6,11,16H,7-8H2,(H,14,17)(H,18,19)/b6-5+/t11-/m0/s1. The average Bonchev–Trinajstić information content (AvgIpc) is 2.45. The third-order valence-electron chi connectivity index (χ3n) is 2.55. The van der Waals surface area contributed by atoms with Crippen LogP contribution in [0.2, 0.25) is 0 Å². The van der Waals surface area contributed by atoms with Crippen LogP contribution >= 0.6 is 0 Å². The third-order valence-corrected chi connectivity index (χ3v) is 2.55. The lowest BCUT2D eigenvalue weighted by Crippen LogP contribution is -2.28. The smallest absolute Gasteiger partial charge is 0.332 e. The molecule has 1 amide bonds. The number of aliphatic hydroxyl groups excluding tert-OH is 1. The molecule has 0 aliphatic carbocycles. The maximum absolute atomic E-state index is 11.5. The Labute approximate surface area is 119 Å². The predicted octanol–water partition coefficient (Wildman–Crippen LogP) is 0.560. The highest BCUT2D eigenvalue weighted by Crippen LogP contribution is 2.18. The van der Waals surface area contributed by atoms with E-state index >= 15 is 0 Å². The zero-order valence-corrected chi connectivity index (χ0v) is 10.9. The summed E-state index contributed by atoms with van der Waals surface area (Å²) in [5, 5.41) is 30.6. The van der Waals surface area contributed by atoms with E-state index in [1.54, 1.807) is 6.07 Å². The molecular formula is C13H14N2O6. The van der Waals surface area contributed by atoms with Crippen LogP contribution in [-0.4, -0.2) is 39.7 Å². The largest absolute Gasteiger partial charge is 0.479 e. The lowest BCUT2D eigenvalue weighted by atomic mass is 10.1. The van der Waals surface area contributed by atoms with Crippen molar-refractivity contribution in [3.63, 3.8) is 0 Å². The third kappa shape index (κ3) is 5.41. The first-order valence-electron chi connectivity index (χ1n) is 6.02. The number of nitrogens with one attached hydrogen (secondary N) is 1. The lowest BCUT2D eigenvalue weighted by Gasteiger charge is -2.05. The van der Waals surface area contributed by atoms with Crippen molar-refractivity contribution >= 4 is 23.6 Å². The molecule has 0 radical (unpaired) electrons. The second kappa shape index (κ2) is 7.75. The fourth-order valence-electron chi connectivity index (χ4n) is 1.47. The summed E-state index contributed by atoms with van der Waals surface area (Å²) in [6.07, 6.45) is 0.737. The molecule has 0 spiro atoms. The van der Waals surface area contributed by atoms with Gasteiger partial charge in [-0.25, -0.2) is 4.79 Å². The first kappa shape index (κ1) is 16.3. The van der Waals surface area contributed by atoms with Crippen molar-refractivity contribution in [2.24, 2.45) is 0 Å². The molecule has 1 atom stereocenters. The maximum atomic E-state index is 11.5. The number of hydrogen-bond donors (Lipinski definition) is 3. The van der Waals surface area contributed by atoms with Gasteiger partial charge in [-0.2, -0.15) is 0 Å². The van der Waals surface area contributed by atoms with Crippen molar-refractivity contribution in [3.05, 3.63) is 46.0 Å². The second-order valence-corrected chi connectivity index (χ2v) is 4.08. The minimum atomic E-state index is -1.54. The van der Waals surface area contributed by atoms with Gasteiger partial charge in [0.05, 0.1) is 10.5 Å². The minimum absolute atomic E-state index is 0.0203. The number of carboxylic acid groups (broad SMARTS) is 1. The number of nitro benzene ring substituents is 1. The van der Waals surface area contributed by atoms with Gasteiger partial charge in [0, 0.05) is 25.1 Å². The van der Waals surface area contributed by atoms with Crippen molar-refractivity contribution in [2.75, 3.05) is 6.54 Å². The van der Waals surface area contributed by atoms with E-state index in [4.69, 9.17) is 10.2 Å². The highest BCUT2D eigenvalue weighted by molar-refractivity contribution is 5.92. The number of nitro groups is 1. The summed E-state index contributed by atoms with van der Waals surface area (Å²) in [6, 6.07) is 5.94. The summed E-state index contributed by atoms with van der Waals surface area (Å²) in [7, 11) is 0. The fourth-order valence-corrected chi connectivity index (χ4v) is 1.47. The van der Waals surface area contributed by atoms with E-state index in [1.165, 1.54) is 24.3 Å². The number of aliphatic hydroxyl groups is 1. The van der Waals surface area contributed by atoms with Crippen LogP contribution in [0.15, 0.2) is 30.3 Å². The van der Waals surface area contributed by atoms with Crippen LogP contribution in [-0.2, 0) is 9.59 Å². The molecule has 0 fully saturated rings. The van der Waals surface area contributed by atoms with Crippen molar-refractivity contribution < 1.29 is 24.7 Å². The van der Waals surface area contributed by atoms with Crippen LogP contribution in [0.25, 0.3) is 6.08 Å². The molecule has 8 heteroatoms. The van der Waals surface area contributed by atoms with Gasteiger partial charge in [-0.15, -0.1) is 0 Å². The van der Waals surface area contributed by atoms with E-state index in [0.29, 0.717) is 0 Å². The van der Waals surface area contributed by atoms with Crippen LogP contribution in [0.5, 0.6) is 0 Å². The molecule has 0 aliphatic rings. The molecule has 21 heavy (non-hydrogen) atoms. The number of para-hydroxylation sites is 1. The van der Waals surface area contributed by atoms with Gasteiger partial charge in [-0.1, -0.05) is 12.1 Å². The molecule has 1 aromatic carbocycles. The zero-order chi connectivity index (χ0) is 15.8. The average molecular weight is 294 g/mol. The topological polar surface area (TPSA) is 130 Å². The summed E-state index contributed by atoms with van der Waals surface area (Å²) in [6.45, 7) is -0.0203. The summed E-state index contributed by atoms with van der Waals surface area (Å²) >= 11 is 0. The van der Waals surface area contributed by atoms with Crippen molar-refractivity contribution in [2.45, 2.75) is 12.5 Å². The van der Waals surface area contributed by atoms with Gasteiger partial charge >= 0.3 is 5.97 Å². The van der Waals surface area contributed by atoms with E-state index < -0.39 is 22.9 Å². The summed E-state index contributed by atoms with van der Waals surface area (Å²) in [4.78, 5) is 32.0. The maximum Gasteiger partial charge on any atom is 0.332 e. The number of rotatable bonds is 7. The number of nitrogens with zero attached hydrogens (tertiary/aromatic N) is 1. The molecule has 1 rings (SSSR count). The molecule has 0 unspecified atom stereocenters. The number of amides is 1. The Morgan fingerprint density at radius 2 is 2.05 bits per heavy atom. The van der Waals surface area contributed by atoms with Crippen molar-refractivity contribution in [1.29, 1.82) is 0 Å². The Bertz CT molecular complexity index is 570. The molecule has 8 nitrogen and oxygen atoms in total. The van der Waals surface area contributed by atoms with Gasteiger partial charge in [0.2, 0.25) is 5.91 Å². The molecule has 0 saturated carbocycles. The summed E-state index contributed by atoms with van der Waals surface area (Å²) < 4.78 is 0. The highest BCUT2D eigenvalue weighted by Gasteiger charge is 2.12. The Kier molecular flexibility index (Phi) is 6.02. The van der Waals surface area contributed by atoms with Crippen LogP contribution in [0.3, 0.4) is 0 Å².